The summed E-state index contributed by atoms with van der Waals surface area (Å²) in [5, 5.41) is 3.13. The van der Waals surface area contributed by atoms with Crippen LogP contribution in [0.2, 0.25) is 0 Å². The number of benzene rings is 1. The molecule has 0 unspecified atom stereocenters. The first-order valence-electron chi connectivity index (χ1n) is 5.64. The summed E-state index contributed by atoms with van der Waals surface area (Å²) in [6.07, 6.45) is 0. The molecule has 3 nitrogen and oxygen atoms in total. The van der Waals surface area contributed by atoms with Gasteiger partial charge in [0, 0.05) is 7.05 Å². The van der Waals surface area contributed by atoms with Crippen molar-refractivity contribution >= 4 is 11.4 Å². The summed E-state index contributed by atoms with van der Waals surface area (Å²) in [5.41, 5.74) is 8.95. The Balaban J connectivity index is 3.26. The molecule has 0 spiro atoms. The molecule has 16 heavy (non-hydrogen) atoms. The maximum Gasteiger partial charge on any atom is 0.165 e. The van der Waals surface area contributed by atoms with Crippen molar-refractivity contribution in [3.63, 3.8) is 0 Å². The lowest BCUT2D eigenvalue weighted by atomic mass is 9.86. The van der Waals surface area contributed by atoms with Gasteiger partial charge in [0.05, 0.1) is 18.0 Å². The molecule has 1 aromatic carbocycles. The molecule has 0 bridgehead atoms. The third-order valence-electron chi connectivity index (χ3n) is 2.54. The Labute approximate surface area is 98.0 Å². The molecule has 0 aromatic heterocycles. The Bertz CT molecular complexity index is 367. The molecule has 0 aliphatic rings. The van der Waals surface area contributed by atoms with E-state index in [0.717, 1.165) is 11.4 Å². The van der Waals surface area contributed by atoms with E-state index in [4.69, 9.17) is 10.5 Å². The molecule has 0 radical (unpaired) electrons. The largest absolute Gasteiger partial charge is 0.490 e. The number of hydrogen-bond donors (Lipinski definition) is 2. The summed E-state index contributed by atoms with van der Waals surface area (Å²) in [6, 6.07) is 4.09. The molecular weight excluding hydrogens is 200 g/mol. The van der Waals surface area contributed by atoms with Gasteiger partial charge in [-0.3, -0.25) is 0 Å². The molecule has 0 saturated carbocycles. The van der Waals surface area contributed by atoms with Crippen molar-refractivity contribution in [1.29, 1.82) is 0 Å². The average Bonchev–Trinajstić information content (AvgIpc) is 2.19. The molecule has 0 fully saturated rings. The van der Waals surface area contributed by atoms with Crippen LogP contribution in [0.1, 0.15) is 33.3 Å². The van der Waals surface area contributed by atoms with E-state index in [2.05, 4.69) is 32.2 Å². The van der Waals surface area contributed by atoms with Crippen LogP contribution in [-0.2, 0) is 5.41 Å². The monoisotopic (exact) mass is 222 g/mol. The molecule has 3 N–H and O–H groups in total. The zero-order valence-corrected chi connectivity index (χ0v) is 10.8. The number of hydrogen-bond acceptors (Lipinski definition) is 3. The SMILES string of the molecule is CCOc1c(N)cc(C(C)(C)C)cc1NC. The lowest BCUT2D eigenvalue weighted by Gasteiger charge is -2.22. The topological polar surface area (TPSA) is 47.3 Å². The number of nitrogen functional groups attached to an aromatic ring is 1. The quantitative estimate of drug-likeness (QED) is 0.773. The molecule has 90 valence electrons. The molecule has 0 heterocycles. The van der Waals surface area contributed by atoms with E-state index >= 15 is 0 Å². The normalized spacial score (nSPS) is 11.3. The summed E-state index contributed by atoms with van der Waals surface area (Å²) in [6.45, 7) is 9.08. The molecule has 0 amide bonds. The standard InChI is InChI=1S/C13H22N2O/c1-6-16-12-10(14)7-9(13(2,3)4)8-11(12)15-5/h7-8,15H,6,14H2,1-5H3. The highest BCUT2D eigenvalue weighted by atomic mass is 16.5. The minimum Gasteiger partial charge on any atom is -0.490 e. The van der Waals surface area contributed by atoms with E-state index in [0.29, 0.717) is 12.3 Å². The minimum atomic E-state index is 0.0878. The van der Waals surface area contributed by atoms with Gasteiger partial charge < -0.3 is 15.8 Å². The highest BCUT2D eigenvalue weighted by molar-refractivity contribution is 5.71. The third-order valence-corrected chi connectivity index (χ3v) is 2.54. The molecule has 0 aliphatic heterocycles. The van der Waals surface area contributed by atoms with Crippen LogP contribution in [0.3, 0.4) is 0 Å². The van der Waals surface area contributed by atoms with Gasteiger partial charge in [-0.1, -0.05) is 20.8 Å². The van der Waals surface area contributed by atoms with Gasteiger partial charge in [-0.25, -0.2) is 0 Å². The van der Waals surface area contributed by atoms with Gasteiger partial charge in [0.1, 0.15) is 0 Å². The number of anilines is 2. The Morgan fingerprint density at radius 3 is 2.38 bits per heavy atom. The number of ether oxygens (including phenoxy) is 1. The zero-order chi connectivity index (χ0) is 12.3. The van der Waals surface area contributed by atoms with Crippen LogP contribution in [0.5, 0.6) is 5.75 Å². The predicted molar refractivity (Wildman–Crippen MR) is 70.3 cm³/mol. The lowest BCUT2D eigenvalue weighted by Crippen LogP contribution is -2.13. The van der Waals surface area contributed by atoms with Crippen molar-refractivity contribution < 1.29 is 4.74 Å². The predicted octanol–water partition coefficient (Wildman–Crippen LogP) is 3.01. The molecule has 0 atom stereocenters. The van der Waals surface area contributed by atoms with Crippen molar-refractivity contribution in [2.24, 2.45) is 0 Å². The summed E-state index contributed by atoms with van der Waals surface area (Å²) in [4.78, 5) is 0. The minimum absolute atomic E-state index is 0.0878. The second-order valence-electron chi connectivity index (χ2n) is 4.88. The van der Waals surface area contributed by atoms with Crippen molar-refractivity contribution in [3.05, 3.63) is 17.7 Å². The highest BCUT2D eigenvalue weighted by Crippen LogP contribution is 2.36. The molecule has 0 aliphatic carbocycles. The summed E-state index contributed by atoms with van der Waals surface area (Å²) < 4.78 is 5.54. The third kappa shape index (κ3) is 2.60. The van der Waals surface area contributed by atoms with Crippen molar-refractivity contribution in [1.82, 2.24) is 0 Å². The van der Waals surface area contributed by atoms with E-state index in [1.165, 1.54) is 5.56 Å². The molecule has 1 aromatic rings. The maximum atomic E-state index is 6.02. The Kier molecular flexibility index (Phi) is 3.68. The first-order chi connectivity index (χ1) is 7.40. The van der Waals surface area contributed by atoms with Crippen molar-refractivity contribution in [3.8, 4) is 5.75 Å². The van der Waals surface area contributed by atoms with E-state index in [9.17, 15) is 0 Å². The van der Waals surface area contributed by atoms with E-state index in [1.807, 2.05) is 20.0 Å². The fourth-order valence-electron chi connectivity index (χ4n) is 1.58. The van der Waals surface area contributed by atoms with Crippen LogP contribution in [0.15, 0.2) is 12.1 Å². The second-order valence-corrected chi connectivity index (χ2v) is 4.88. The van der Waals surface area contributed by atoms with Crippen LogP contribution in [0.25, 0.3) is 0 Å². The van der Waals surface area contributed by atoms with E-state index in [-0.39, 0.29) is 5.41 Å². The summed E-state index contributed by atoms with van der Waals surface area (Å²) in [7, 11) is 1.88. The molecule has 0 saturated heterocycles. The zero-order valence-electron chi connectivity index (χ0n) is 10.8. The number of nitrogens with one attached hydrogen (secondary N) is 1. The number of rotatable bonds is 3. The van der Waals surface area contributed by atoms with Crippen molar-refractivity contribution in [2.75, 3.05) is 24.7 Å². The smallest absolute Gasteiger partial charge is 0.165 e. The van der Waals surface area contributed by atoms with Crippen LogP contribution in [0, 0.1) is 0 Å². The summed E-state index contributed by atoms with van der Waals surface area (Å²) in [5.74, 6) is 0.748. The van der Waals surface area contributed by atoms with Gasteiger partial charge in [-0.15, -0.1) is 0 Å². The van der Waals surface area contributed by atoms with Gasteiger partial charge in [0.15, 0.2) is 5.75 Å². The first kappa shape index (κ1) is 12.7. The van der Waals surface area contributed by atoms with Gasteiger partial charge in [0.25, 0.3) is 0 Å². The van der Waals surface area contributed by atoms with Gasteiger partial charge in [-0.2, -0.15) is 0 Å². The van der Waals surface area contributed by atoms with E-state index < -0.39 is 0 Å². The fraction of sp³-hybridized carbons (Fsp3) is 0.538. The Morgan fingerprint density at radius 2 is 1.94 bits per heavy atom. The molecule has 3 heteroatoms. The maximum absolute atomic E-state index is 6.02. The Morgan fingerprint density at radius 1 is 1.31 bits per heavy atom. The molecule has 1 rings (SSSR count). The van der Waals surface area contributed by atoms with Crippen LogP contribution < -0.4 is 15.8 Å². The van der Waals surface area contributed by atoms with Crippen LogP contribution >= 0.6 is 0 Å². The van der Waals surface area contributed by atoms with Gasteiger partial charge in [0.2, 0.25) is 0 Å². The van der Waals surface area contributed by atoms with Crippen LogP contribution in [-0.4, -0.2) is 13.7 Å². The first-order valence-corrected chi connectivity index (χ1v) is 5.64. The second kappa shape index (κ2) is 4.64. The average molecular weight is 222 g/mol. The Hall–Kier alpha value is -1.38. The number of nitrogens with two attached hydrogens (primary N) is 1. The van der Waals surface area contributed by atoms with E-state index in [1.54, 1.807) is 0 Å². The fourth-order valence-corrected chi connectivity index (χ4v) is 1.58. The molecular formula is C13H22N2O. The van der Waals surface area contributed by atoms with Crippen molar-refractivity contribution in [2.45, 2.75) is 33.1 Å². The lowest BCUT2D eigenvalue weighted by molar-refractivity contribution is 0.343. The summed E-state index contributed by atoms with van der Waals surface area (Å²) >= 11 is 0. The van der Waals surface area contributed by atoms with Gasteiger partial charge >= 0.3 is 0 Å². The van der Waals surface area contributed by atoms with Crippen LogP contribution in [0.4, 0.5) is 11.4 Å². The van der Waals surface area contributed by atoms with Gasteiger partial charge in [-0.05, 0) is 30.0 Å². The highest BCUT2D eigenvalue weighted by Gasteiger charge is 2.18.